The van der Waals surface area contributed by atoms with E-state index in [0.29, 0.717) is 28.0 Å². The molecule has 0 bridgehead atoms. The molecule has 1 aromatic heterocycles. The van der Waals surface area contributed by atoms with Crippen LogP contribution in [0.15, 0.2) is 47.5 Å². The summed E-state index contributed by atoms with van der Waals surface area (Å²) < 4.78 is 1.52. The fourth-order valence-corrected chi connectivity index (χ4v) is 3.49. The van der Waals surface area contributed by atoms with Crippen molar-refractivity contribution in [3.63, 3.8) is 0 Å². The quantitative estimate of drug-likeness (QED) is 0.590. The minimum atomic E-state index is -0.134. The summed E-state index contributed by atoms with van der Waals surface area (Å²) in [5, 5.41) is 0.432. The van der Waals surface area contributed by atoms with Crippen LogP contribution >= 0.6 is 50.5 Å². The summed E-state index contributed by atoms with van der Waals surface area (Å²) in [6, 6.07) is 8.97. The van der Waals surface area contributed by atoms with Gasteiger partial charge in [-0.2, -0.15) is 0 Å². The highest BCUT2D eigenvalue weighted by molar-refractivity contribution is 9.10. The first kappa shape index (κ1) is 16.6. The van der Waals surface area contributed by atoms with Gasteiger partial charge in [0.05, 0.1) is 21.5 Å². The Bertz CT molecular complexity index is 671. The van der Waals surface area contributed by atoms with E-state index in [9.17, 15) is 4.79 Å². The zero-order chi connectivity index (χ0) is 15.4. The van der Waals surface area contributed by atoms with Gasteiger partial charge in [0, 0.05) is 15.9 Å². The first-order chi connectivity index (χ1) is 10.0. The minimum absolute atomic E-state index is 0.134. The molecule has 0 radical (unpaired) electrons. The normalized spacial score (nSPS) is 10.4. The molecule has 0 unspecified atom stereocenters. The molecule has 0 fully saturated rings. The Hall–Kier alpha value is -0.810. The highest BCUT2D eigenvalue weighted by Gasteiger charge is 2.18. The molecule has 6 heteroatoms. The molecule has 0 aliphatic heterocycles. The maximum absolute atomic E-state index is 12.7. The fraction of sp³-hybridized carbons (Fsp3) is 0.133. The van der Waals surface area contributed by atoms with E-state index in [2.05, 4.69) is 22.5 Å². The molecule has 2 aromatic rings. The molecular weight excluding hydrogens is 393 g/mol. The second kappa shape index (κ2) is 7.45. The van der Waals surface area contributed by atoms with Gasteiger partial charge in [-0.15, -0.1) is 17.9 Å². The van der Waals surface area contributed by atoms with Crippen molar-refractivity contribution in [1.29, 1.82) is 0 Å². The molecule has 1 aromatic carbocycles. The molecule has 21 heavy (non-hydrogen) atoms. The van der Waals surface area contributed by atoms with Crippen molar-refractivity contribution in [2.24, 2.45) is 0 Å². The molecule has 1 heterocycles. The summed E-state index contributed by atoms with van der Waals surface area (Å²) >= 11 is 16.9. The van der Waals surface area contributed by atoms with Gasteiger partial charge in [0.25, 0.3) is 5.91 Å². The number of nitrogens with zero attached hydrogens (tertiary/aromatic N) is 1. The lowest BCUT2D eigenvalue weighted by atomic mass is 10.2. The Morgan fingerprint density at radius 1 is 1.33 bits per heavy atom. The summed E-state index contributed by atoms with van der Waals surface area (Å²) in [5.41, 5.74) is 0.468. The van der Waals surface area contributed by atoms with Gasteiger partial charge in [-0.3, -0.25) is 4.79 Å². The lowest BCUT2D eigenvalue weighted by Crippen LogP contribution is -2.30. The van der Waals surface area contributed by atoms with Crippen LogP contribution in [0.4, 0.5) is 0 Å². The Morgan fingerprint density at radius 3 is 2.71 bits per heavy atom. The summed E-state index contributed by atoms with van der Waals surface area (Å²) in [5.74, 6) is -0.134. The number of hydrogen-bond acceptors (Lipinski definition) is 2. The van der Waals surface area contributed by atoms with Crippen molar-refractivity contribution in [2.75, 3.05) is 6.54 Å². The molecule has 0 spiro atoms. The first-order valence-electron chi connectivity index (χ1n) is 6.10. The average Bonchev–Trinajstić information content (AvgIpc) is 2.86. The third-order valence-corrected chi connectivity index (χ3v) is 4.81. The largest absolute Gasteiger partial charge is 0.330 e. The second-order valence-electron chi connectivity index (χ2n) is 4.30. The molecule has 0 aliphatic rings. The molecule has 0 atom stereocenters. The van der Waals surface area contributed by atoms with Gasteiger partial charge < -0.3 is 4.90 Å². The summed E-state index contributed by atoms with van der Waals surface area (Å²) in [6.45, 7) is 4.62. The van der Waals surface area contributed by atoms with Gasteiger partial charge in [-0.25, -0.2) is 0 Å². The number of benzene rings is 1. The molecule has 0 saturated carbocycles. The molecule has 0 aliphatic carbocycles. The summed E-state index contributed by atoms with van der Waals surface area (Å²) in [7, 11) is 0. The highest BCUT2D eigenvalue weighted by atomic mass is 79.9. The van der Waals surface area contributed by atoms with Crippen LogP contribution in [-0.2, 0) is 6.54 Å². The van der Waals surface area contributed by atoms with Crippen molar-refractivity contribution in [1.82, 2.24) is 4.90 Å². The first-order valence-corrected chi connectivity index (χ1v) is 8.47. The molecule has 0 N–H and O–H groups in total. The van der Waals surface area contributed by atoms with Crippen LogP contribution in [-0.4, -0.2) is 17.4 Å². The van der Waals surface area contributed by atoms with Gasteiger partial charge in [0.1, 0.15) is 0 Å². The van der Waals surface area contributed by atoms with Crippen molar-refractivity contribution >= 4 is 56.4 Å². The molecule has 1 amide bonds. The number of carbonyl (C=O) groups is 1. The monoisotopic (exact) mass is 403 g/mol. The number of rotatable bonds is 5. The van der Waals surface area contributed by atoms with E-state index in [4.69, 9.17) is 23.2 Å². The maximum Gasteiger partial charge on any atom is 0.256 e. The van der Waals surface area contributed by atoms with E-state index in [1.807, 2.05) is 12.1 Å². The van der Waals surface area contributed by atoms with Gasteiger partial charge in [-0.1, -0.05) is 45.2 Å². The lowest BCUT2D eigenvalue weighted by molar-refractivity contribution is 0.0764. The second-order valence-corrected chi connectivity index (χ2v) is 7.43. The number of hydrogen-bond donors (Lipinski definition) is 0. The van der Waals surface area contributed by atoms with Crippen molar-refractivity contribution in [2.45, 2.75) is 6.54 Å². The predicted octanol–water partition coefficient (Wildman–Crippen LogP) is 5.65. The topological polar surface area (TPSA) is 20.3 Å². The van der Waals surface area contributed by atoms with Crippen molar-refractivity contribution in [3.05, 3.63) is 67.3 Å². The van der Waals surface area contributed by atoms with Crippen molar-refractivity contribution < 1.29 is 4.79 Å². The number of carbonyl (C=O) groups excluding carboxylic acids is 1. The predicted molar refractivity (Wildman–Crippen MR) is 93.4 cm³/mol. The standard InChI is InChI=1S/C15H12BrCl2NOS/c1-2-7-19(9-11-4-6-14(18)21-11)15(20)12-8-10(16)3-5-13(12)17/h2-6,8H,1,7,9H2. The highest BCUT2D eigenvalue weighted by Crippen LogP contribution is 2.26. The van der Waals surface area contributed by atoms with Gasteiger partial charge in [0.2, 0.25) is 0 Å². The third-order valence-electron chi connectivity index (χ3n) is 2.77. The minimum Gasteiger partial charge on any atom is -0.330 e. The Morgan fingerprint density at radius 2 is 2.10 bits per heavy atom. The Labute approximate surface area is 146 Å². The van der Waals surface area contributed by atoms with E-state index in [1.165, 1.54) is 11.3 Å². The van der Waals surface area contributed by atoms with Crippen LogP contribution in [0.25, 0.3) is 0 Å². The van der Waals surface area contributed by atoms with Crippen LogP contribution in [0.1, 0.15) is 15.2 Å². The van der Waals surface area contributed by atoms with Crippen LogP contribution in [0, 0.1) is 0 Å². The Kier molecular flexibility index (Phi) is 5.88. The van der Waals surface area contributed by atoms with Crippen LogP contribution in [0.5, 0.6) is 0 Å². The lowest BCUT2D eigenvalue weighted by Gasteiger charge is -2.21. The van der Waals surface area contributed by atoms with E-state index in [1.54, 1.807) is 29.2 Å². The summed E-state index contributed by atoms with van der Waals surface area (Å²) in [4.78, 5) is 15.4. The fourth-order valence-electron chi connectivity index (χ4n) is 1.83. The van der Waals surface area contributed by atoms with Crippen molar-refractivity contribution in [3.8, 4) is 0 Å². The molecule has 110 valence electrons. The van der Waals surface area contributed by atoms with Gasteiger partial charge in [0.15, 0.2) is 0 Å². The van der Waals surface area contributed by atoms with Crippen LogP contribution < -0.4 is 0 Å². The SMILES string of the molecule is C=CCN(Cc1ccc(Cl)s1)C(=O)c1cc(Br)ccc1Cl. The third kappa shape index (κ3) is 4.33. The zero-order valence-corrected chi connectivity index (χ0v) is 14.9. The van der Waals surface area contributed by atoms with E-state index >= 15 is 0 Å². The Balaban J connectivity index is 2.26. The van der Waals surface area contributed by atoms with Crippen LogP contribution in [0.3, 0.4) is 0 Å². The average molecular weight is 405 g/mol. The summed E-state index contributed by atoms with van der Waals surface area (Å²) in [6.07, 6.45) is 1.69. The van der Waals surface area contributed by atoms with E-state index in [0.717, 1.165) is 9.35 Å². The van der Waals surface area contributed by atoms with Gasteiger partial charge >= 0.3 is 0 Å². The van der Waals surface area contributed by atoms with Crippen LogP contribution in [0.2, 0.25) is 9.36 Å². The molecular formula is C15H12BrCl2NOS. The van der Waals surface area contributed by atoms with E-state index < -0.39 is 0 Å². The smallest absolute Gasteiger partial charge is 0.256 e. The molecule has 2 rings (SSSR count). The number of thiophene rings is 1. The zero-order valence-electron chi connectivity index (χ0n) is 11.0. The van der Waals surface area contributed by atoms with E-state index in [-0.39, 0.29) is 5.91 Å². The molecule has 2 nitrogen and oxygen atoms in total. The van der Waals surface area contributed by atoms with Gasteiger partial charge in [-0.05, 0) is 30.3 Å². The number of amides is 1. The molecule has 0 saturated heterocycles. The maximum atomic E-state index is 12.7. The number of halogens is 3.